The standard InChI is InChI=1S/C16H17ClN2S/c1-11-3-6-13(7-4-11)10-18-16(20)19-15-9-14(17)8-5-12(15)2/h3-9H,10H2,1-2H3,(H2,18,19,20). The van der Waals surface area contributed by atoms with Crippen LogP contribution in [0.25, 0.3) is 0 Å². The Labute approximate surface area is 130 Å². The second-order valence-electron chi connectivity index (χ2n) is 4.75. The largest absolute Gasteiger partial charge is 0.358 e. The van der Waals surface area contributed by atoms with E-state index in [4.69, 9.17) is 23.8 Å². The molecule has 0 aliphatic carbocycles. The van der Waals surface area contributed by atoms with E-state index in [0.29, 0.717) is 16.7 Å². The third-order valence-electron chi connectivity index (χ3n) is 3.02. The minimum absolute atomic E-state index is 0.593. The maximum Gasteiger partial charge on any atom is 0.171 e. The lowest BCUT2D eigenvalue weighted by molar-refractivity contribution is 0.925. The SMILES string of the molecule is Cc1ccc(CNC(=S)Nc2cc(Cl)ccc2C)cc1. The van der Waals surface area contributed by atoms with Crippen molar-refractivity contribution in [1.29, 1.82) is 0 Å². The lowest BCUT2D eigenvalue weighted by atomic mass is 10.1. The third-order valence-corrected chi connectivity index (χ3v) is 3.50. The quantitative estimate of drug-likeness (QED) is 0.820. The molecule has 2 N–H and O–H groups in total. The first kappa shape index (κ1) is 14.8. The van der Waals surface area contributed by atoms with Gasteiger partial charge >= 0.3 is 0 Å². The van der Waals surface area contributed by atoms with Crippen molar-refractivity contribution in [1.82, 2.24) is 5.32 Å². The van der Waals surface area contributed by atoms with E-state index in [1.807, 2.05) is 25.1 Å². The van der Waals surface area contributed by atoms with Crippen LogP contribution >= 0.6 is 23.8 Å². The summed E-state index contributed by atoms with van der Waals surface area (Å²) < 4.78 is 0. The number of thiocarbonyl (C=S) groups is 1. The molecule has 2 aromatic rings. The second-order valence-corrected chi connectivity index (χ2v) is 5.60. The lowest BCUT2D eigenvalue weighted by Crippen LogP contribution is -2.28. The van der Waals surface area contributed by atoms with Gasteiger partial charge in [-0.15, -0.1) is 0 Å². The average Bonchev–Trinajstić information content (AvgIpc) is 2.42. The topological polar surface area (TPSA) is 24.1 Å². The summed E-state index contributed by atoms with van der Waals surface area (Å²) >= 11 is 11.3. The zero-order valence-electron chi connectivity index (χ0n) is 11.5. The molecule has 0 heterocycles. The van der Waals surface area contributed by atoms with Gasteiger partial charge in [-0.05, 0) is 49.3 Å². The molecule has 0 aliphatic heterocycles. The molecule has 0 saturated carbocycles. The summed E-state index contributed by atoms with van der Waals surface area (Å²) in [6.07, 6.45) is 0. The van der Waals surface area contributed by atoms with Crippen molar-refractivity contribution in [2.75, 3.05) is 5.32 Å². The molecular weight excluding hydrogens is 288 g/mol. The van der Waals surface area contributed by atoms with E-state index in [2.05, 4.69) is 41.8 Å². The fourth-order valence-electron chi connectivity index (χ4n) is 1.78. The molecule has 0 bridgehead atoms. The summed E-state index contributed by atoms with van der Waals surface area (Å²) in [4.78, 5) is 0. The molecule has 104 valence electrons. The van der Waals surface area contributed by atoms with E-state index in [1.165, 1.54) is 11.1 Å². The lowest BCUT2D eigenvalue weighted by Gasteiger charge is -2.13. The average molecular weight is 305 g/mol. The van der Waals surface area contributed by atoms with Crippen LogP contribution in [0.1, 0.15) is 16.7 Å². The number of halogens is 1. The van der Waals surface area contributed by atoms with E-state index in [-0.39, 0.29) is 0 Å². The van der Waals surface area contributed by atoms with Crippen molar-refractivity contribution >= 4 is 34.6 Å². The molecule has 0 unspecified atom stereocenters. The van der Waals surface area contributed by atoms with Crippen molar-refractivity contribution in [3.8, 4) is 0 Å². The predicted molar refractivity (Wildman–Crippen MR) is 90.4 cm³/mol. The Kier molecular flexibility index (Phi) is 4.99. The second kappa shape index (κ2) is 6.73. The number of hydrogen-bond donors (Lipinski definition) is 2. The van der Waals surface area contributed by atoms with Crippen LogP contribution in [-0.4, -0.2) is 5.11 Å². The molecule has 2 aromatic carbocycles. The first-order valence-corrected chi connectivity index (χ1v) is 7.20. The fourth-order valence-corrected chi connectivity index (χ4v) is 2.14. The predicted octanol–water partition coefficient (Wildman–Crippen LogP) is 4.44. The molecule has 20 heavy (non-hydrogen) atoms. The third kappa shape index (κ3) is 4.22. The van der Waals surface area contributed by atoms with Crippen molar-refractivity contribution in [2.24, 2.45) is 0 Å². The molecule has 0 amide bonds. The van der Waals surface area contributed by atoms with Gasteiger partial charge in [-0.1, -0.05) is 47.5 Å². The maximum atomic E-state index is 5.98. The van der Waals surface area contributed by atoms with Gasteiger partial charge in [-0.3, -0.25) is 0 Å². The molecule has 2 rings (SSSR count). The number of rotatable bonds is 3. The first-order valence-electron chi connectivity index (χ1n) is 6.41. The minimum Gasteiger partial charge on any atom is -0.358 e. The Balaban J connectivity index is 1.92. The highest BCUT2D eigenvalue weighted by atomic mass is 35.5. The molecule has 4 heteroatoms. The highest BCUT2D eigenvalue weighted by Crippen LogP contribution is 2.20. The van der Waals surface area contributed by atoms with Gasteiger partial charge in [0, 0.05) is 17.3 Å². The van der Waals surface area contributed by atoms with Crippen LogP contribution in [0.2, 0.25) is 5.02 Å². The number of benzene rings is 2. The molecule has 2 nitrogen and oxygen atoms in total. The Morgan fingerprint density at radius 1 is 1.10 bits per heavy atom. The number of aryl methyl sites for hydroxylation is 2. The summed E-state index contributed by atoms with van der Waals surface area (Å²) in [7, 11) is 0. The molecule has 0 radical (unpaired) electrons. The Bertz CT molecular complexity index is 608. The highest BCUT2D eigenvalue weighted by Gasteiger charge is 2.02. The monoisotopic (exact) mass is 304 g/mol. The summed E-state index contributed by atoms with van der Waals surface area (Å²) in [5.74, 6) is 0. The van der Waals surface area contributed by atoms with Gasteiger partial charge in [-0.2, -0.15) is 0 Å². The molecule has 0 atom stereocenters. The number of hydrogen-bond acceptors (Lipinski definition) is 1. The zero-order valence-corrected chi connectivity index (χ0v) is 13.1. The van der Waals surface area contributed by atoms with Crippen LogP contribution in [0.5, 0.6) is 0 Å². The molecular formula is C16H17ClN2S. The number of anilines is 1. The van der Waals surface area contributed by atoms with Crippen LogP contribution in [0, 0.1) is 13.8 Å². The highest BCUT2D eigenvalue weighted by molar-refractivity contribution is 7.80. The molecule has 0 aromatic heterocycles. The van der Waals surface area contributed by atoms with Gasteiger partial charge in [0.2, 0.25) is 0 Å². The van der Waals surface area contributed by atoms with Crippen molar-refractivity contribution in [2.45, 2.75) is 20.4 Å². The summed E-state index contributed by atoms with van der Waals surface area (Å²) in [6.45, 7) is 4.79. The normalized spacial score (nSPS) is 10.2. The Morgan fingerprint density at radius 3 is 2.50 bits per heavy atom. The summed E-state index contributed by atoms with van der Waals surface area (Å²) in [5.41, 5.74) is 4.49. The van der Waals surface area contributed by atoms with E-state index >= 15 is 0 Å². The molecule has 0 aliphatic rings. The van der Waals surface area contributed by atoms with Crippen LogP contribution < -0.4 is 10.6 Å². The van der Waals surface area contributed by atoms with Gasteiger partial charge < -0.3 is 10.6 Å². The van der Waals surface area contributed by atoms with Crippen molar-refractivity contribution in [3.63, 3.8) is 0 Å². The Morgan fingerprint density at radius 2 is 1.80 bits per heavy atom. The molecule has 0 saturated heterocycles. The van der Waals surface area contributed by atoms with Crippen LogP contribution in [0.3, 0.4) is 0 Å². The molecule has 0 spiro atoms. The van der Waals surface area contributed by atoms with Crippen molar-refractivity contribution < 1.29 is 0 Å². The minimum atomic E-state index is 0.593. The van der Waals surface area contributed by atoms with Crippen LogP contribution in [-0.2, 0) is 6.54 Å². The van der Waals surface area contributed by atoms with E-state index < -0.39 is 0 Å². The molecule has 0 fully saturated rings. The van der Waals surface area contributed by atoms with E-state index in [9.17, 15) is 0 Å². The number of nitrogens with one attached hydrogen (secondary N) is 2. The first-order chi connectivity index (χ1) is 9.54. The van der Waals surface area contributed by atoms with Crippen LogP contribution in [0.15, 0.2) is 42.5 Å². The van der Waals surface area contributed by atoms with Crippen molar-refractivity contribution in [3.05, 3.63) is 64.2 Å². The van der Waals surface area contributed by atoms with Gasteiger partial charge in [0.1, 0.15) is 0 Å². The van der Waals surface area contributed by atoms with Gasteiger partial charge in [0.25, 0.3) is 0 Å². The van der Waals surface area contributed by atoms with Gasteiger partial charge in [0.15, 0.2) is 5.11 Å². The fraction of sp³-hybridized carbons (Fsp3) is 0.188. The maximum absolute atomic E-state index is 5.98. The smallest absolute Gasteiger partial charge is 0.171 e. The van der Waals surface area contributed by atoms with E-state index in [1.54, 1.807) is 0 Å². The van der Waals surface area contributed by atoms with Gasteiger partial charge in [0.05, 0.1) is 0 Å². The van der Waals surface area contributed by atoms with Crippen LogP contribution in [0.4, 0.5) is 5.69 Å². The zero-order chi connectivity index (χ0) is 14.5. The summed E-state index contributed by atoms with van der Waals surface area (Å²) in [5, 5.41) is 7.65. The van der Waals surface area contributed by atoms with E-state index in [0.717, 1.165) is 11.3 Å². The Hall–Kier alpha value is -1.58. The summed E-state index contributed by atoms with van der Waals surface area (Å²) in [6, 6.07) is 14.1. The van der Waals surface area contributed by atoms with Gasteiger partial charge in [-0.25, -0.2) is 0 Å².